The van der Waals surface area contributed by atoms with Gasteiger partial charge in [0.05, 0.1) is 5.52 Å². The van der Waals surface area contributed by atoms with Crippen molar-refractivity contribution in [2.24, 2.45) is 0 Å². The fraction of sp³-hybridized carbons (Fsp3) is 0.125. The largest absolute Gasteiger partial charge is 0.377 e. The Bertz CT molecular complexity index is 476. The van der Waals surface area contributed by atoms with Crippen LogP contribution in [0.2, 0.25) is 0 Å². The molecule has 5 heteroatoms. The number of halogens is 1. The molecule has 0 radical (unpaired) electrons. The number of rotatable bonds is 2. The summed E-state index contributed by atoms with van der Waals surface area (Å²) >= 11 is 4.93. The second kappa shape index (κ2) is 3.18. The second-order valence-corrected chi connectivity index (χ2v) is 2.87. The minimum absolute atomic E-state index is 0.360. The lowest BCUT2D eigenvalue weighted by molar-refractivity contribution is 0.0467. The number of aromatic nitrogens is 2. The molecule has 0 unspecified atom stereocenters. The third-order valence-electron chi connectivity index (χ3n) is 1.73. The van der Waals surface area contributed by atoms with Crippen molar-refractivity contribution >= 4 is 23.3 Å². The molecule has 0 atom stereocenters. The zero-order chi connectivity index (χ0) is 9.26. The van der Waals surface area contributed by atoms with E-state index in [4.69, 9.17) is 17.1 Å². The summed E-state index contributed by atoms with van der Waals surface area (Å²) in [6.07, 6.45) is 0. The summed E-state index contributed by atoms with van der Waals surface area (Å²) in [5.74, 6) is 0. The van der Waals surface area contributed by atoms with E-state index in [-0.39, 0.29) is 0 Å². The minimum atomic E-state index is -0.893. The highest BCUT2D eigenvalue weighted by Gasteiger charge is 2.02. The van der Waals surface area contributed by atoms with Crippen LogP contribution < -0.4 is 4.84 Å². The zero-order valence-corrected chi connectivity index (χ0v) is 7.47. The number of hydrogen-bond acceptors (Lipinski definition) is 2. The summed E-state index contributed by atoms with van der Waals surface area (Å²) in [7, 11) is 0. The Morgan fingerprint density at radius 2 is 2.23 bits per heavy atom. The molecule has 13 heavy (non-hydrogen) atoms. The van der Waals surface area contributed by atoms with Gasteiger partial charge in [-0.25, -0.2) is 4.39 Å². The van der Waals surface area contributed by atoms with Gasteiger partial charge in [0.25, 0.3) is 6.86 Å². The summed E-state index contributed by atoms with van der Waals surface area (Å²) in [5.41, 5.74) is 1.58. The molecule has 0 saturated heterocycles. The van der Waals surface area contributed by atoms with Crippen molar-refractivity contribution in [3.63, 3.8) is 0 Å². The van der Waals surface area contributed by atoms with Crippen LogP contribution in [0, 0.1) is 4.77 Å². The molecule has 1 aromatic carbocycles. The van der Waals surface area contributed by atoms with E-state index in [1.54, 1.807) is 6.07 Å². The highest BCUT2D eigenvalue weighted by atomic mass is 32.1. The number of imidazole rings is 1. The van der Waals surface area contributed by atoms with Crippen molar-refractivity contribution in [2.75, 3.05) is 6.86 Å². The van der Waals surface area contributed by atoms with Crippen molar-refractivity contribution in [1.29, 1.82) is 0 Å². The lowest BCUT2D eigenvalue weighted by atomic mass is 10.3. The molecule has 0 aliphatic heterocycles. The van der Waals surface area contributed by atoms with E-state index in [9.17, 15) is 4.39 Å². The van der Waals surface area contributed by atoms with Crippen LogP contribution in [0.4, 0.5) is 4.39 Å². The maximum absolute atomic E-state index is 12.0. The van der Waals surface area contributed by atoms with Gasteiger partial charge in [-0.15, -0.1) is 0 Å². The van der Waals surface area contributed by atoms with Crippen molar-refractivity contribution in [3.05, 3.63) is 29.0 Å². The van der Waals surface area contributed by atoms with Crippen LogP contribution in [0.3, 0.4) is 0 Å². The molecule has 0 fully saturated rings. The van der Waals surface area contributed by atoms with E-state index in [0.717, 1.165) is 11.0 Å². The smallest absolute Gasteiger partial charge is 0.253 e. The van der Waals surface area contributed by atoms with E-state index < -0.39 is 6.86 Å². The van der Waals surface area contributed by atoms with Gasteiger partial charge in [-0.1, -0.05) is 12.1 Å². The van der Waals surface area contributed by atoms with Gasteiger partial charge in [-0.2, -0.15) is 4.73 Å². The summed E-state index contributed by atoms with van der Waals surface area (Å²) in [5, 5.41) is 0. The van der Waals surface area contributed by atoms with Crippen LogP contribution >= 0.6 is 12.2 Å². The Morgan fingerprint density at radius 1 is 1.46 bits per heavy atom. The number of H-pyrrole nitrogens is 1. The van der Waals surface area contributed by atoms with Gasteiger partial charge in [0, 0.05) is 0 Å². The summed E-state index contributed by atoms with van der Waals surface area (Å²) in [6, 6.07) is 7.36. The minimum Gasteiger partial charge on any atom is -0.377 e. The monoisotopic (exact) mass is 198 g/mol. The van der Waals surface area contributed by atoms with E-state index in [1.165, 1.54) is 4.73 Å². The fourth-order valence-electron chi connectivity index (χ4n) is 1.21. The number of para-hydroxylation sites is 2. The van der Waals surface area contributed by atoms with Gasteiger partial charge in [0.2, 0.25) is 4.77 Å². The maximum atomic E-state index is 12.0. The van der Waals surface area contributed by atoms with Crippen molar-refractivity contribution < 1.29 is 9.23 Å². The van der Waals surface area contributed by atoms with Crippen LogP contribution in [0.5, 0.6) is 0 Å². The SMILES string of the molecule is FCOn1c(=S)[nH]c2ccccc21. The second-order valence-electron chi connectivity index (χ2n) is 2.48. The highest BCUT2D eigenvalue weighted by Crippen LogP contribution is 2.11. The Labute approximate surface area is 78.7 Å². The highest BCUT2D eigenvalue weighted by molar-refractivity contribution is 7.71. The average molecular weight is 198 g/mol. The molecule has 1 N–H and O–H groups in total. The van der Waals surface area contributed by atoms with E-state index in [2.05, 4.69) is 4.98 Å². The van der Waals surface area contributed by atoms with E-state index >= 15 is 0 Å². The zero-order valence-electron chi connectivity index (χ0n) is 6.66. The Morgan fingerprint density at radius 3 is 3.00 bits per heavy atom. The molecule has 2 rings (SSSR count). The number of nitrogens with zero attached hydrogens (tertiary/aromatic N) is 1. The Hall–Kier alpha value is -1.36. The molecule has 1 heterocycles. The molecule has 0 amide bonds. The first-order valence-corrected chi connectivity index (χ1v) is 4.13. The number of fused-ring (bicyclic) bond motifs is 1. The molecule has 0 spiro atoms. The molecular weight excluding hydrogens is 191 g/mol. The van der Waals surface area contributed by atoms with Gasteiger partial charge in [-0.05, 0) is 24.4 Å². The van der Waals surface area contributed by atoms with E-state index in [0.29, 0.717) is 4.77 Å². The molecule has 3 nitrogen and oxygen atoms in total. The predicted octanol–water partition coefficient (Wildman–Crippen LogP) is 2.05. The summed E-state index contributed by atoms with van der Waals surface area (Å²) in [6.45, 7) is -0.893. The number of alkyl halides is 1. The fourth-order valence-corrected chi connectivity index (χ4v) is 1.47. The molecular formula is C8H7FN2OS. The number of hydrogen-bond donors (Lipinski definition) is 1. The normalized spacial score (nSPS) is 10.5. The first kappa shape index (κ1) is 8.25. The quantitative estimate of drug-likeness (QED) is 0.748. The number of nitrogens with one attached hydrogen (secondary N) is 1. The molecule has 0 bridgehead atoms. The standard InChI is InChI=1S/C8H7FN2OS/c9-5-12-11-7-4-2-1-3-6(7)10-8(11)13/h1-4H,5H2,(H,10,13). The van der Waals surface area contributed by atoms with Crippen LogP contribution in [0.25, 0.3) is 11.0 Å². The average Bonchev–Trinajstić information content (AvgIpc) is 2.44. The molecule has 0 aliphatic carbocycles. The van der Waals surface area contributed by atoms with Crippen molar-refractivity contribution in [2.45, 2.75) is 0 Å². The van der Waals surface area contributed by atoms with Crippen LogP contribution in [-0.2, 0) is 0 Å². The van der Waals surface area contributed by atoms with Crippen molar-refractivity contribution in [3.8, 4) is 0 Å². The molecule has 68 valence electrons. The Balaban J connectivity index is 2.71. The molecule has 2 aromatic rings. The third kappa shape index (κ3) is 1.31. The lowest BCUT2D eigenvalue weighted by Crippen LogP contribution is -2.09. The topological polar surface area (TPSA) is 29.9 Å². The van der Waals surface area contributed by atoms with Crippen molar-refractivity contribution in [1.82, 2.24) is 9.71 Å². The molecule has 0 saturated carbocycles. The van der Waals surface area contributed by atoms with Gasteiger partial charge < -0.3 is 9.82 Å². The maximum Gasteiger partial charge on any atom is 0.253 e. The molecule has 1 aromatic heterocycles. The number of benzene rings is 1. The van der Waals surface area contributed by atoms with Crippen LogP contribution in [0.15, 0.2) is 24.3 Å². The van der Waals surface area contributed by atoms with Gasteiger partial charge >= 0.3 is 0 Å². The van der Waals surface area contributed by atoms with Crippen LogP contribution in [-0.4, -0.2) is 16.6 Å². The van der Waals surface area contributed by atoms with Gasteiger partial charge in [0.15, 0.2) is 0 Å². The first-order chi connectivity index (χ1) is 6.33. The number of aromatic amines is 1. The third-order valence-corrected chi connectivity index (χ3v) is 1.99. The lowest BCUT2D eigenvalue weighted by Gasteiger charge is -2.00. The van der Waals surface area contributed by atoms with Gasteiger partial charge in [0.1, 0.15) is 5.52 Å². The van der Waals surface area contributed by atoms with Crippen LogP contribution in [0.1, 0.15) is 0 Å². The van der Waals surface area contributed by atoms with E-state index in [1.807, 2.05) is 18.2 Å². The predicted molar refractivity (Wildman–Crippen MR) is 49.7 cm³/mol. The summed E-state index contributed by atoms with van der Waals surface area (Å²) < 4.78 is 13.6. The first-order valence-electron chi connectivity index (χ1n) is 3.72. The summed E-state index contributed by atoms with van der Waals surface area (Å²) in [4.78, 5) is 7.60. The molecule has 0 aliphatic rings. The van der Waals surface area contributed by atoms with Gasteiger partial charge in [-0.3, -0.25) is 0 Å². The Kier molecular flexibility index (Phi) is 2.02.